The Kier molecular flexibility index (Phi) is 27.6. The molecule has 228 valence electrons. The Labute approximate surface area is 240 Å². The highest BCUT2D eigenvalue weighted by Gasteiger charge is 2.37. The van der Waals surface area contributed by atoms with Gasteiger partial charge in [-0.15, -0.1) is 0 Å². The third-order valence-corrected chi connectivity index (χ3v) is 9.37. The second kappa shape index (κ2) is 28.0. The van der Waals surface area contributed by atoms with Crippen LogP contribution in [0.4, 0.5) is 0 Å². The first-order valence-electron chi connectivity index (χ1n) is 17.7. The Morgan fingerprint density at radius 3 is 1.05 bits per heavy atom. The zero-order valence-corrected chi connectivity index (χ0v) is 26.9. The Hall–Kier alpha value is -0.530. The molecule has 2 nitrogen and oxygen atoms in total. The summed E-state index contributed by atoms with van der Waals surface area (Å²) in [6.45, 7) is 8.78. The number of carbonyl (C=O) groups is 1. The van der Waals surface area contributed by atoms with Gasteiger partial charge >= 0.3 is 5.97 Å². The van der Waals surface area contributed by atoms with Gasteiger partial charge < -0.3 is 5.11 Å². The van der Waals surface area contributed by atoms with Crippen molar-refractivity contribution < 1.29 is 9.90 Å². The van der Waals surface area contributed by atoms with Crippen molar-refractivity contribution in [2.75, 3.05) is 0 Å². The van der Waals surface area contributed by atoms with Crippen molar-refractivity contribution in [1.82, 2.24) is 0 Å². The van der Waals surface area contributed by atoms with E-state index in [2.05, 4.69) is 20.8 Å². The summed E-state index contributed by atoms with van der Waals surface area (Å²) < 4.78 is 0. The third-order valence-electron chi connectivity index (χ3n) is 9.37. The predicted molar refractivity (Wildman–Crippen MR) is 170 cm³/mol. The minimum absolute atomic E-state index is 0.273. The quantitative estimate of drug-likeness (QED) is 0.0894. The van der Waals surface area contributed by atoms with Crippen LogP contribution in [0.25, 0.3) is 0 Å². The van der Waals surface area contributed by atoms with Crippen molar-refractivity contribution in [3.8, 4) is 0 Å². The molecule has 0 aromatic rings. The molecule has 0 amide bonds. The average molecular weight is 537 g/mol. The van der Waals surface area contributed by atoms with Gasteiger partial charge in [-0.2, -0.15) is 0 Å². The molecule has 0 saturated carbocycles. The molecule has 0 radical (unpaired) electrons. The van der Waals surface area contributed by atoms with Gasteiger partial charge in [-0.25, -0.2) is 0 Å². The van der Waals surface area contributed by atoms with Crippen molar-refractivity contribution >= 4 is 5.97 Å². The van der Waals surface area contributed by atoms with E-state index >= 15 is 0 Å². The van der Waals surface area contributed by atoms with Crippen LogP contribution in [0.1, 0.15) is 214 Å². The summed E-state index contributed by atoms with van der Waals surface area (Å²) in [6, 6.07) is 0. The SMILES string of the molecule is CCCCCCCCCCCCCCCCC(C)(C(=O)O)C(C)CCCCCCCCCCCCCCC. The fraction of sp³-hybridized carbons (Fsp3) is 0.972. The van der Waals surface area contributed by atoms with Crippen LogP contribution in [0, 0.1) is 11.3 Å². The molecule has 0 fully saturated rings. The van der Waals surface area contributed by atoms with Crippen molar-refractivity contribution in [1.29, 1.82) is 0 Å². The van der Waals surface area contributed by atoms with Crippen LogP contribution in [0.5, 0.6) is 0 Å². The van der Waals surface area contributed by atoms with Gasteiger partial charge in [-0.05, 0) is 25.7 Å². The molecule has 2 atom stereocenters. The Morgan fingerprint density at radius 1 is 0.500 bits per heavy atom. The van der Waals surface area contributed by atoms with Gasteiger partial charge in [-0.1, -0.05) is 194 Å². The number of carboxylic acids is 1. The summed E-state index contributed by atoms with van der Waals surface area (Å²) >= 11 is 0. The lowest BCUT2D eigenvalue weighted by Gasteiger charge is -2.32. The Bertz CT molecular complexity index is 488. The van der Waals surface area contributed by atoms with E-state index in [0.29, 0.717) is 0 Å². The third kappa shape index (κ3) is 22.3. The van der Waals surface area contributed by atoms with E-state index in [1.54, 1.807) is 0 Å². The highest BCUT2D eigenvalue weighted by Crippen LogP contribution is 2.37. The highest BCUT2D eigenvalue weighted by atomic mass is 16.4. The second-order valence-electron chi connectivity index (χ2n) is 13.0. The first kappa shape index (κ1) is 37.5. The maximum Gasteiger partial charge on any atom is 0.309 e. The molecule has 2 unspecified atom stereocenters. The molecular weight excluding hydrogens is 464 g/mol. The summed E-state index contributed by atoms with van der Waals surface area (Å²) in [4.78, 5) is 12.2. The fourth-order valence-electron chi connectivity index (χ4n) is 6.04. The zero-order valence-electron chi connectivity index (χ0n) is 26.9. The van der Waals surface area contributed by atoms with Crippen molar-refractivity contribution in [3.63, 3.8) is 0 Å². The van der Waals surface area contributed by atoms with Crippen LogP contribution < -0.4 is 0 Å². The number of hydrogen-bond donors (Lipinski definition) is 1. The maximum absolute atomic E-state index is 12.2. The molecule has 0 aliphatic carbocycles. The molecule has 0 bridgehead atoms. The van der Waals surface area contributed by atoms with Crippen molar-refractivity contribution in [2.45, 2.75) is 214 Å². The van der Waals surface area contributed by atoms with Crippen LogP contribution in [0.3, 0.4) is 0 Å². The summed E-state index contributed by atoms with van der Waals surface area (Å²) in [6.07, 6.45) is 38.6. The molecule has 38 heavy (non-hydrogen) atoms. The monoisotopic (exact) mass is 537 g/mol. The summed E-state index contributed by atoms with van der Waals surface area (Å²) in [7, 11) is 0. The van der Waals surface area contributed by atoms with E-state index in [1.807, 2.05) is 6.92 Å². The molecule has 1 N–H and O–H groups in total. The first-order chi connectivity index (χ1) is 18.5. The smallest absolute Gasteiger partial charge is 0.309 e. The van der Waals surface area contributed by atoms with Gasteiger partial charge in [-0.3, -0.25) is 4.79 Å². The van der Waals surface area contributed by atoms with Crippen molar-refractivity contribution in [3.05, 3.63) is 0 Å². The predicted octanol–water partition coefficient (Wildman–Crippen LogP) is 13.1. The molecule has 0 aromatic heterocycles. The van der Waals surface area contributed by atoms with Crippen LogP contribution >= 0.6 is 0 Å². The van der Waals surface area contributed by atoms with Gasteiger partial charge in [0.25, 0.3) is 0 Å². The van der Waals surface area contributed by atoms with Gasteiger partial charge in [0.1, 0.15) is 0 Å². The van der Waals surface area contributed by atoms with E-state index in [0.717, 1.165) is 19.3 Å². The largest absolute Gasteiger partial charge is 0.481 e. The lowest BCUT2D eigenvalue weighted by Crippen LogP contribution is -2.34. The van der Waals surface area contributed by atoms with Gasteiger partial charge in [0.2, 0.25) is 0 Å². The van der Waals surface area contributed by atoms with Crippen molar-refractivity contribution in [2.24, 2.45) is 11.3 Å². The number of aliphatic carboxylic acids is 1. The number of carboxylic acid groups (broad SMARTS) is 1. The average Bonchev–Trinajstić information content (AvgIpc) is 2.91. The molecule has 0 aliphatic rings. The lowest BCUT2D eigenvalue weighted by molar-refractivity contribution is -0.151. The van der Waals surface area contributed by atoms with E-state index in [-0.39, 0.29) is 5.92 Å². The standard InChI is InChI=1S/C36H72O2/c1-5-7-9-11-13-15-17-19-21-23-25-27-29-31-33-36(4,35(37)38)34(3)32-30-28-26-24-22-20-18-16-14-12-10-8-6-2/h34H,5-33H2,1-4H3,(H,37,38). The number of hydrogen-bond acceptors (Lipinski definition) is 1. The Morgan fingerprint density at radius 2 is 0.763 bits per heavy atom. The van der Waals surface area contributed by atoms with E-state index < -0.39 is 11.4 Å². The first-order valence-corrected chi connectivity index (χ1v) is 17.7. The van der Waals surface area contributed by atoms with Crippen LogP contribution in [0.15, 0.2) is 0 Å². The van der Waals surface area contributed by atoms with Gasteiger partial charge in [0, 0.05) is 0 Å². The lowest BCUT2D eigenvalue weighted by atomic mass is 9.72. The molecule has 0 heterocycles. The Balaban J connectivity index is 3.70. The highest BCUT2D eigenvalue weighted by molar-refractivity contribution is 5.74. The molecule has 0 saturated heterocycles. The van der Waals surface area contributed by atoms with Crippen LogP contribution in [-0.2, 0) is 4.79 Å². The second-order valence-corrected chi connectivity index (χ2v) is 13.0. The normalized spacial score (nSPS) is 14.0. The van der Waals surface area contributed by atoms with Crippen LogP contribution in [0.2, 0.25) is 0 Å². The molecule has 0 aliphatic heterocycles. The van der Waals surface area contributed by atoms with E-state index in [9.17, 15) is 9.90 Å². The molecular formula is C36H72O2. The minimum Gasteiger partial charge on any atom is -0.481 e. The van der Waals surface area contributed by atoms with Crippen LogP contribution in [-0.4, -0.2) is 11.1 Å². The minimum atomic E-state index is -0.575. The summed E-state index contributed by atoms with van der Waals surface area (Å²) in [5.74, 6) is -0.302. The zero-order chi connectivity index (χ0) is 28.2. The van der Waals surface area contributed by atoms with E-state index in [4.69, 9.17) is 0 Å². The molecule has 0 spiro atoms. The number of unbranched alkanes of at least 4 members (excludes halogenated alkanes) is 25. The molecule has 0 aromatic carbocycles. The number of rotatable bonds is 31. The van der Waals surface area contributed by atoms with Gasteiger partial charge in [0.05, 0.1) is 5.41 Å². The summed E-state index contributed by atoms with van der Waals surface area (Å²) in [5, 5.41) is 10.0. The van der Waals surface area contributed by atoms with Gasteiger partial charge in [0.15, 0.2) is 0 Å². The molecule has 0 rings (SSSR count). The topological polar surface area (TPSA) is 37.3 Å². The summed E-state index contributed by atoms with van der Waals surface area (Å²) in [5.41, 5.74) is -0.547. The fourth-order valence-corrected chi connectivity index (χ4v) is 6.04. The maximum atomic E-state index is 12.2. The molecule has 2 heteroatoms. The van der Waals surface area contributed by atoms with E-state index in [1.165, 1.54) is 167 Å².